The highest BCUT2D eigenvalue weighted by molar-refractivity contribution is 5.80. The summed E-state index contributed by atoms with van der Waals surface area (Å²) in [6.07, 6.45) is 0.998. The van der Waals surface area contributed by atoms with Crippen molar-refractivity contribution < 1.29 is 14.3 Å². The quantitative estimate of drug-likeness (QED) is 0.572. The van der Waals surface area contributed by atoms with Crippen molar-refractivity contribution in [2.24, 2.45) is 4.99 Å². The molecular formula is C22H30N4O3. The van der Waals surface area contributed by atoms with Crippen LogP contribution in [0.25, 0.3) is 0 Å². The summed E-state index contributed by atoms with van der Waals surface area (Å²) in [5.74, 6) is 1.35. The van der Waals surface area contributed by atoms with Gasteiger partial charge in [0.25, 0.3) is 0 Å². The minimum absolute atomic E-state index is 0.173. The number of aliphatic hydroxyl groups is 1. The van der Waals surface area contributed by atoms with Crippen molar-refractivity contribution in [2.45, 2.75) is 31.7 Å². The first-order chi connectivity index (χ1) is 14.2. The number of rotatable bonds is 6. The first-order valence-electron chi connectivity index (χ1n) is 10.4. The van der Waals surface area contributed by atoms with Gasteiger partial charge in [-0.2, -0.15) is 0 Å². The monoisotopic (exact) mass is 398 g/mol. The topological polar surface area (TPSA) is 73.5 Å². The molecule has 156 valence electrons. The van der Waals surface area contributed by atoms with Gasteiger partial charge < -0.3 is 24.5 Å². The fourth-order valence-electron chi connectivity index (χ4n) is 4.12. The predicted octanol–water partition coefficient (Wildman–Crippen LogP) is 1.86. The number of nitrogens with one attached hydrogen (secondary N) is 1. The van der Waals surface area contributed by atoms with Crippen LogP contribution in [0.2, 0.25) is 0 Å². The molecule has 1 aromatic carbocycles. The fourth-order valence-corrected chi connectivity index (χ4v) is 4.12. The average molecular weight is 399 g/mol. The maximum Gasteiger partial charge on any atom is 0.194 e. The van der Waals surface area contributed by atoms with Crippen LogP contribution in [0.1, 0.15) is 24.4 Å². The SMILES string of the molecule is CCNC(=NCC(O)c1ccco1)N1CC2OCCN(Cc3ccccc3)C2C1. The average Bonchev–Trinajstić information content (AvgIpc) is 3.42. The Morgan fingerprint density at radius 3 is 2.86 bits per heavy atom. The zero-order valence-electron chi connectivity index (χ0n) is 16.9. The Hall–Kier alpha value is -2.35. The Morgan fingerprint density at radius 1 is 1.24 bits per heavy atom. The third-order valence-electron chi connectivity index (χ3n) is 5.56. The number of aliphatic hydroxyl groups excluding tert-OH is 1. The summed E-state index contributed by atoms with van der Waals surface area (Å²) in [6.45, 7) is 7.39. The number of aliphatic imine (C=N–C) groups is 1. The van der Waals surface area contributed by atoms with E-state index in [-0.39, 0.29) is 12.6 Å². The molecule has 7 nitrogen and oxygen atoms in total. The molecule has 7 heteroatoms. The zero-order chi connectivity index (χ0) is 20.1. The van der Waals surface area contributed by atoms with Gasteiger partial charge in [-0.25, -0.2) is 4.99 Å². The maximum absolute atomic E-state index is 10.3. The Labute approximate surface area is 172 Å². The van der Waals surface area contributed by atoms with Gasteiger partial charge in [-0.1, -0.05) is 30.3 Å². The molecule has 0 saturated carbocycles. The molecule has 0 bridgehead atoms. The summed E-state index contributed by atoms with van der Waals surface area (Å²) in [4.78, 5) is 9.43. The predicted molar refractivity (Wildman–Crippen MR) is 112 cm³/mol. The number of hydrogen-bond acceptors (Lipinski definition) is 5. The van der Waals surface area contributed by atoms with Crippen LogP contribution in [0.3, 0.4) is 0 Å². The lowest BCUT2D eigenvalue weighted by molar-refractivity contribution is -0.0502. The summed E-state index contributed by atoms with van der Waals surface area (Å²) in [5.41, 5.74) is 1.33. The molecule has 2 aliphatic rings. The van der Waals surface area contributed by atoms with Gasteiger partial charge in [0.2, 0.25) is 0 Å². The summed E-state index contributed by atoms with van der Waals surface area (Å²) in [5, 5.41) is 13.7. The van der Waals surface area contributed by atoms with Crippen LogP contribution in [0.4, 0.5) is 0 Å². The smallest absolute Gasteiger partial charge is 0.194 e. The Kier molecular flexibility index (Phi) is 6.49. The molecule has 29 heavy (non-hydrogen) atoms. The third kappa shape index (κ3) is 4.80. The molecule has 4 rings (SSSR count). The van der Waals surface area contributed by atoms with Gasteiger partial charge in [0.05, 0.1) is 31.6 Å². The number of likely N-dealkylation sites (tertiary alicyclic amines) is 1. The lowest BCUT2D eigenvalue weighted by Gasteiger charge is -2.36. The van der Waals surface area contributed by atoms with Gasteiger partial charge in [0.15, 0.2) is 5.96 Å². The van der Waals surface area contributed by atoms with Crippen molar-refractivity contribution in [3.8, 4) is 0 Å². The van der Waals surface area contributed by atoms with Crippen LogP contribution in [-0.2, 0) is 11.3 Å². The third-order valence-corrected chi connectivity index (χ3v) is 5.56. The Morgan fingerprint density at radius 2 is 2.10 bits per heavy atom. The normalized spacial score (nSPS) is 23.8. The first kappa shape index (κ1) is 19.9. The van der Waals surface area contributed by atoms with Crippen LogP contribution < -0.4 is 5.32 Å². The van der Waals surface area contributed by atoms with Crippen molar-refractivity contribution >= 4 is 5.96 Å². The summed E-state index contributed by atoms with van der Waals surface area (Å²) in [6, 6.07) is 14.5. The van der Waals surface area contributed by atoms with Crippen molar-refractivity contribution in [1.29, 1.82) is 0 Å². The van der Waals surface area contributed by atoms with Crippen LogP contribution in [-0.4, -0.2) is 72.3 Å². The van der Waals surface area contributed by atoms with E-state index in [1.807, 2.05) is 0 Å². The summed E-state index contributed by atoms with van der Waals surface area (Å²) < 4.78 is 11.4. The van der Waals surface area contributed by atoms with Crippen LogP contribution in [0.5, 0.6) is 0 Å². The highest BCUT2D eigenvalue weighted by Gasteiger charge is 2.41. The molecule has 0 aliphatic carbocycles. The van der Waals surface area contributed by atoms with Gasteiger partial charge >= 0.3 is 0 Å². The van der Waals surface area contributed by atoms with Crippen molar-refractivity contribution in [3.05, 3.63) is 60.1 Å². The van der Waals surface area contributed by atoms with Gasteiger partial charge in [0, 0.05) is 32.7 Å². The van der Waals surface area contributed by atoms with E-state index in [4.69, 9.17) is 9.15 Å². The lowest BCUT2D eigenvalue weighted by Crippen LogP contribution is -2.50. The molecule has 2 aliphatic heterocycles. The molecule has 3 atom stereocenters. The van der Waals surface area contributed by atoms with E-state index in [1.54, 1.807) is 18.4 Å². The summed E-state index contributed by atoms with van der Waals surface area (Å²) >= 11 is 0. The first-order valence-corrected chi connectivity index (χ1v) is 10.4. The molecule has 2 saturated heterocycles. The fraction of sp³-hybridized carbons (Fsp3) is 0.500. The van der Waals surface area contributed by atoms with E-state index in [9.17, 15) is 5.11 Å². The highest BCUT2D eigenvalue weighted by atomic mass is 16.5. The second-order valence-corrected chi connectivity index (χ2v) is 7.56. The standard InChI is InChI=1S/C22H30N4O3/c1-2-23-22(24-13-19(27)20-9-6-11-28-20)26-15-18-21(16-26)29-12-10-25(18)14-17-7-4-3-5-8-17/h3-9,11,18-19,21,27H,2,10,12-16H2,1H3,(H,23,24). The zero-order valence-corrected chi connectivity index (χ0v) is 16.9. The van der Waals surface area contributed by atoms with Crippen LogP contribution in [0, 0.1) is 0 Å². The Bertz CT molecular complexity index is 781. The van der Waals surface area contributed by atoms with E-state index in [2.05, 4.69) is 57.4 Å². The minimum Gasteiger partial charge on any atom is -0.467 e. The van der Waals surface area contributed by atoms with E-state index < -0.39 is 6.10 Å². The number of benzene rings is 1. The number of hydrogen-bond donors (Lipinski definition) is 2. The number of ether oxygens (including phenoxy) is 1. The minimum atomic E-state index is -0.741. The summed E-state index contributed by atoms with van der Waals surface area (Å²) in [7, 11) is 0. The van der Waals surface area contributed by atoms with Gasteiger partial charge in [-0.15, -0.1) is 0 Å². The second kappa shape index (κ2) is 9.43. The maximum atomic E-state index is 10.3. The van der Waals surface area contributed by atoms with E-state index in [1.165, 1.54) is 5.56 Å². The molecule has 0 spiro atoms. The van der Waals surface area contributed by atoms with E-state index in [0.29, 0.717) is 11.8 Å². The van der Waals surface area contributed by atoms with Gasteiger partial charge in [0.1, 0.15) is 11.9 Å². The molecule has 2 fully saturated rings. The van der Waals surface area contributed by atoms with E-state index in [0.717, 1.165) is 45.3 Å². The van der Waals surface area contributed by atoms with E-state index >= 15 is 0 Å². The molecule has 3 unspecified atom stereocenters. The van der Waals surface area contributed by atoms with Crippen molar-refractivity contribution in [2.75, 3.05) is 39.3 Å². The largest absolute Gasteiger partial charge is 0.467 e. The molecular weight excluding hydrogens is 368 g/mol. The number of furan rings is 1. The Balaban J connectivity index is 1.43. The second-order valence-electron chi connectivity index (χ2n) is 7.56. The number of fused-ring (bicyclic) bond motifs is 1. The van der Waals surface area contributed by atoms with Crippen LogP contribution in [0.15, 0.2) is 58.1 Å². The van der Waals surface area contributed by atoms with Crippen molar-refractivity contribution in [3.63, 3.8) is 0 Å². The molecule has 2 N–H and O–H groups in total. The number of nitrogens with zero attached hydrogens (tertiary/aromatic N) is 3. The van der Waals surface area contributed by atoms with Gasteiger partial charge in [-0.05, 0) is 24.6 Å². The molecule has 0 radical (unpaired) electrons. The van der Waals surface area contributed by atoms with Crippen molar-refractivity contribution in [1.82, 2.24) is 15.1 Å². The van der Waals surface area contributed by atoms with Gasteiger partial charge in [-0.3, -0.25) is 4.90 Å². The number of guanidine groups is 1. The molecule has 0 amide bonds. The number of morpholine rings is 1. The molecule has 1 aromatic heterocycles. The molecule has 3 heterocycles. The lowest BCUT2D eigenvalue weighted by atomic mass is 10.1. The van der Waals surface area contributed by atoms with Crippen LogP contribution >= 0.6 is 0 Å². The molecule has 2 aromatic rings. The highest BCUT2D eigenvalue weighted by Crippen LogP contribution is 2.25.